The van der Waals surface area contributed by atoms with Crippen LogP contribution in [0.4, 0.5) is 15.8 Å². The van der Waals surface area contributed by atoms with Crippen LogP contribution in [0.5, 0.6) is 0 Å². The maximum atomic E-state index is 13.5. The fourth-order valence-electron chi connectivity index (χ4n) is 3.59. The highest BCUT2D eigenvalue weighted by atomic mass is 35.5. The SMILES string of the molecule is CCCN(Cc1cc(NC(=O)c2cccc(F)c2)ccc1N(C)C)C(=O)c1ccccc1Cl. The van der Waals surface area contributed by atoms with Gasteiger partial charge in [-0.15, -0.1) is 0 Å². The number of hydrogen-bond donors (Lipinski definition) is 1. The van der Waals surface area contributed by atoms with Crippen molar-refractivity contribution in [3.63, 3.8) is 0 Å². The van der Waals surface area contributed by atoms with Crippen molar-refractivity contribution in [2.24, 2.45) is 0 Å². The Balaban J connectivity index is 1.90. The van der Waals surface area contributed by atoms with E-state index >= 15 is 0 Å². The quantitative estimate of drug-likeness (QED) is 0.452. The van der Waals surface area contributed by atoms with Crippen LogP contribution >= 0.6 is 11.6 Å². The van der Waals surface area contributed by atoms with Gasteiger partial charge in [0.05, 0.1) is 10.6 Å². The van der Waals surface area contributed by atoms with E-state index in [-0.39, 0.29) is 11.5 Å². The number of halogens is 2. The van der Waals surface area contributed by atoms with Crippen LogP contribution in [-0.2, 0) is 6.54 Å². The number of rotatable bonds is 8. The molecular weight excluding hydrogens is 441 g/mol. The van der Waals surface area contributed by atoms with Crippen LogP contribution in [0, 0.1) is 5.82 Å². The lowest BCUT2D eigenvalue weighted by atomic mass is 10.1. The molecule has 2 amide bonds. The predicted octanol–water partition coefficient (Wildman–Crippen LogP) is 5.85. The molecule has 0 aliphatic rings. The molecule has 0 atom stereocenters. The van der Waals surface area contributed by atoms with Gasteiger partial charge < -0.3 is 15.1 Å². The zero-order valence-electron chi connectivity index (χ0n) is 18.9. The lowest BCUT2D eigenvalue weighted by molar-refractivity contribution is 0.0743. The van der Waals surface area contributed by atoms with Crippen LogP contribution in [-0.4, -0.2) is 37.4 Å². The molecule has 5 nitrogen and oxygen atoms in total. The summed E-state index contributed by atoms with van der Waals surface area (Å²) in [4.78, 5) is 29.5. The first-order valence-electron chi connectivity index (χ1n) is 10.7. The minimum atomic E-state index is -0.473. The molecule has 0 spiro atoms. The van der Waals surface area contributed by atoms with Crippen LogP contribution in [0.2, 0.25) is 5.02 Å². The Labute approximate surface area is 198 Å². The van der Waals surface area contributed by atoms with E-state index in [1.165, 1.54) is 18.2 Å². The van der Waals surface area contributed by atoms with Crippen molar-refractivity contribution in [3.8, 4) is 0 Å². The lowest BCUT2D eigenvalue weighted by Gasteiger charge is -2.26. The molecule has 3 rings (SSSR count). The maximum Gasteiger partial charge on any atom is 0.255 e. The Morgan fingerprint density at radius 2 is 1.76 bits per heavy atom. The molecular formula is C26H27ClFN3O2. The molecule has 3 aromatic rings. The first-order chi connectivity index (χ1) is 15.8. The number of nitrogens with zero attached hydrogens (tertiary/aromatic N) is 2. The molecule has 0 aliphatic heterocycles. The van der Waals surface area contributed by atoms with Crippen LogP contribution in [0.25, 0.3) is 0 Å². The van der Waals surface area contributed by atoms with E-state index in [0.717, 1.165) is 17.7 Å². The van der Waals surface area contributed by atoms with Crippen molar-refractivity contribution in [2.45, 2.75) is 19.9 Å². The molecule has 3 aromatic carbocycles. The van der Waals surface area contributed by atoms with E-state index in [4.69, 9.17) is 11.6 Å². The molecule has 0 fully saturated rings. The highest BCUT2D eigenvalue weighted by molar-refractivity contribution is 6.33. The second-order valence-corrected chi connectivity index (χ2v) is 8.32. The first kappa shape index (κ1) is 24.3. The minimum Gasteiger partial charge on any atom is -0.377 e. The first-order valence-corrected chi connectivity index (χ1v) is 11.1. The molecule has 7 heteroatoms. The number of anilines is 2. The van der Waals surface area contributed by atoms with Gasteiger partial charge in [-0.05, 0) is 60.5 Å². The van der Waals surface area contributed by atoms with Gasteiger partial charge in [0, 0.05) is 44.1 Å². The van der Waals surface area contributed by atoms with E-state index in [2.05, 4.69) is 5.32 Å². The molecule has 0 aliphatic carbocycles. The molecule has 0 heterocycles. The summed E-state index contributed by atoms with van der Waals surface area (Å²) >= 11 is 6.27. The number of nitrogens with one attached hydrogen (secondary N) is 1. The van der Waals surface area contributed by atoms with E-state index in [9.17, 15) is 14.0 Å². The van der Waals surface area contributed by atoms with Gasteiger partial charge in [0.25, 0.3) is 11.8 Å². The molecule has 0 saturated carbocycles. The summed E-state index contributed by atoms with van der Waals surface area (Å²) in [7, 11) is 3.84. The van der Waals surface area contributed by atoms with Crippen molar-refractivity contribution >= 4 is 34.8 Å². The second-order valence-electron chi connectivity index (χ2n) is 7.91. The second kappa shape index (κ2) is 11.0. The van der Waals surface area contributed by atoms with Crippen molar-refractivity contribution in [3.05, 3.63) is 94.3 Å². The van der Waals surface area contributed by atoms with Crippen molar-refractivity contribution in [1.82, 2.24) is 4.90 Å². The third-order valence-corrected chi connectivity index (χ3v) is 5.48. The fraction of sp³-hybridized carbons (Fsp3) is 0.231. The number of hydrogen-bond acceptors (Lipinski definition) is 3. The number of benzene rings is 3. The summed E-state index contributed by atoms with van der Waals surface area (Å²) in [6, 6.07) is 18.0. The summed E-state index contributed by atoms with van der Waals surface area (Å²) in [5.74, 6) is -1.03. The van der Waals surface area contributed by atoms with E-state index in [0.29, 0.717) is 29.4 Å². The largest absolute Gasteiger partial charge is 0.377 e. The zero-order chi connectivity index (χ0) is 24.0. The molecule has 0 bridgehead atoms. The van der Waals surface area contributed by atoms with Gasteiger partial charge in [0.2, 0.25) is 0 Å². The van der Waals surface area contributed by atoms with E-state index in [1.54, 1.807) is 41.3 Å². The Morgan fingerprint density at radius 1 is 1.00 bits per heavy atom. The molecule has 0 radical (unpaired) electrons. The Bertz CT molecular complexity index is 1150. The van der Waals surface area contributed by atoms with Crippen molar-refractivity contribution < 1.29 is 14.0 Å². The summed E-state index contributed by atoms with van der Waals surface area (Å²) in [5, 5.41) is 3.23. The third kappa shape index (κ3) is 6.11. The Kier molecular flexibility index (Phi) is 8.06. The standard InChI is InChI=1S/C26H27ClFN3O2/c1-4-14-31(26(33)22-10-5-6-11-23(22)27)17-19-16-21(12-13-24(19)30(2)3)29-25(32)18-8-7-9-20(28)15-18/h5-13,15-16H,4,14,17H2,1-3H3,(H,29,32). The third-order valence-electron chi connectivity index (χ3n) is 5.15. The van der Waals surface area contributed by atoms with Gasteiger partial charge >= 0.3 is 0 Å². The van der Waals surface area contributed by atoms with Gasteiger partial charge in [-0.2, -0.15) is 0 Å². The smallest absolute Gasteiger partial charge is 0.255 e. The predicted molar refractivity (Wildman–Crippen MR) is 132 cm³/mol. The number of carbonyl (C=O) groups is 2. The van der Waals surface area contributed by atoms with Gasteiger partial charge in [0.1, 0.15) is 5.82 Å². The van der Waals surface area contributed by atoms with E-state index in [1.807, 2.05) is 38.1 Å². The van der Waals surface area contributed by atoms with Crippen LogP contribution in [0.1, 0.15) is 39.6 Å². The van der Waals surface area contributed by atoms with Crippen molar-refractivity contribution in [1.29, 1.82) is 0 Å². The Morgan fingerprint density at radius 3 is 2.42 bits per heavy atom. The fourth-order valence-corrected chi connectivity index (χ4v) is 3.81. The highest BCUT2D eigenvalue weighted by Crippen LogP contribution is 2.26. The number of amides is 2. The summed E-state index contributed by atoms with van der Waals surface area (Å²) < 4.78 is 13.5. The van der Waals surface area contributed by atoms with Gasteiger partial charge in [0.15, 0.2) is 0 Å². The summed E-state index contributed by atoms with van der Waals surface area (Å²) in [5.41, 5.74) is 3.04. The van der Waals surface area contributed by atoms with Crippen LogP contribution in [0.15, 0.2) is 66.7 Å². The van der Waals surface area contributed by atoms with Crippen LogP contribution in [0.3, 0.4) is 0 Å². The maximum absolute atomic E-state index is 13.5. The average Bonchev–Trinajstić information content (AvgIpc) is 2.78. The molecule has 0 saturated heterocycles. The Hall–Kier alpha value is -3.38. The molecule has 0 unspecified atom stereocenters. The van der Waals surface area contributed by atoms with Gasteiger partial charge in [-0.3, -0.25) is 9.59 Å². The molecule has 33 heavy (non-hydrogen) atoms. The highest BCUT2D eigenvalue weighted by Gasteiger charge is 2.20. The zero-order valence-corrected chi connectivity index (χ0v) is 19.7. The molecule has 172 valence electrons. The lowest BCUT2D eigenvalue weighted by Crippen LogP contribution is -2.32. The minimum absolute atomic E-state index is 0.152. The van der Waals surface area contributed by atoms with Crippen LogP contribution < -0.4 is 10.2 Å². The topological polar surface area (TPSA) is 52.7 Å². The summed E-state index contributed by atoms with van der Waals surface area (Å²) in [6.45, 7) is 2.90. The number of carbonyl (C=O) groups excluding carboxylic acids is 2. The molecule has 1 N–H and O–H groups in total. The van der Waals surface area contributed by atoms with Crippen molar-refractivity contribution in [2.75, 3.05) is 30.9 Å². The average molecular weight is 468 g/mol. The summed E-state index contributed by atoms with van der Waals surface area (Å²) in [6.07, 6.45) is 0.781. The monoisotopic (exact) mass is 467 g/mol. The molecule has 0 aromatic heterocycles. The normalized spacial score (nSPS) is 10.6. The van der Waals surface area contributed by atoms with E-state index < -0.39 is 11.7 Å². The van der Waals surface area contributed by atoms with Gasteiger partial charge in [-0.25, -0.2) is 4.39 Å². The van der Waals surface area contributed by atoms with Gasteiger partial charge in [-0.1, -0.05) is 36.7 Å².